The summed E-state index contributed by atoms with van der Waals surface area (Å²) in [6.07, 6.45) is 6.13. The molecule has 28 nitrogen and oxygen atoms in total. The topological polar surface area (TPSA) is 351 Å². The monoisotopic (exact) mass is 1510 g/mol. The first-order valence-corrected chi connectivity index (χ1v) is 37.5. The number of halogens is 1. The summed E-state index contributed by atoms with van der Waals surface area (Å²) < 4.78 is 42.6. The largest absolute Gasteiger partial charge is 0.497 e. The second kappa shape index (κ2) is 37.8. The standard InChI is InChI=1S/C81H97FN14O14/c1-52(97)18-29-71(99)93-36-11-6-5-10-35-92-47-60(64-44-61(82)25-28-68(64)92)43-67-77(103)95-38-31-69(109-51-70(98)86-45-59-17-12-16-58(40-59)41-65(83)74(100)87-67)73(95)76(102)89-72(53(2)108-50-62-48-94(91-90-62)39-34-85-80(106)110-49-57-14-8-7-9-15-57)75(101)88-66(42-55-23-26-63(107-4)27-24-55)78(104)96-37-13-32-81(96,3)79(105)84-33-30-54-19-21-56(46-93)22-20-54/h5,7-10,12,14-17,19-28,40,44,47-48,53,65-67,69,72-73H,6,11,13,18,29-39,41-43,45-46,49-51,83H2,1-4H3,(H,84,105)(H,85,106)(H,86,98)(H,87,100)(H,88,101)(H,89,102)/t53-,65+,66+,67+,69+,72+,73+,81+/m1/s1. The van der Waals surface area contributed by atoms with Crippen molar-refractivity contribution in [3.8, 4) is 5.75 Å². The highest BCUT2D eigenvalue weighted by Crippen LogP contribution is 2.32. The highest BCUT2D eigenvalue weighted by molar-refractivity contribution is 5.99. The number of nitrogens with one attached hydrogen (secondary N) is 6. The maximum atomic E-state index is 16.0. The van der Waals surface area contributed by atoms with Gasteiger partial charge in [-0.15, -0.1) is 5.10 Å². The molecule has 2 saturated heterocycles. The molecule has 0 radical (unpaired) electrons. The predicted octanol–water partition coefficient (Wildman–Crippen LogP) is 5.13. The Labute approximate surface area is 637 Å². The van der Waals surface area contributed by atoms with E-state index in [4.69, 9.17) is 24.7 Å². The number of hydrogen-bond donors (Lipinski definition) is 7. The van der Waals surface area contributed by atoms with Gasteiger partial charge in [-0.25, -0.2) is 9.18 Å². The summed E-state index contributed by atoms with van der Waals surface area (Å²) in [5.74, 6) is -5.29. The Morgan fingerprint density at radius 1 is 0.773 bits per heavy atom. The number of ether oxygens (including phenoxy) is 4. The van der Waals surface area contributed by atoms with Gasteiger partial charge in [0.15, 0.2) is 0 Å². The van der Waals surface area contributed by atoms with E-state index in [-0.39, 0.29) is 128 Å². The maximum absolute atomic E-state index is 16.0. The summed E-state index contributed by atoms with van der Waals surface area (Å²) >= 11 is 0. The van der Waals surface area contributed by atoms with Gasteiger partial charge in [-0.2, -0.15) is 0 Å². The molecule has 582 valence electrons. The summed E-state index contributed by atoms with van der Waals surface area (Å²) in [6, 6.07) is 27.7. The molecule has 0 unspecified atom stereocenters. The van der Waals surface area contributed by atoms with E-state index in [0.717, 1.165) is 16.7 Å². The van der Waals surface area contributed by atoms with E-state index in [0.29, 0.717) is 71.1 Å². The van der Waals surface area contributed by atoms with Crippen molar-refractivity contribution in [1.29, 1.82) is 0 Å². The van der Waals surface area contributed by atoms with E-state index in [1.54, 1.807) is 78.8 Å². The van der Waals surface area contributed by atoms with Gasteiger partial charge in [0, 0.05) is 95.1 Å². The number of nitrogens with zero attached hydrogens (tertiary/aromatic N) is 7. The minimum absolute atomic E-state index is 0.0139. The lowest BCUT2D eigenvalue weighted by atomic mass is 9.95. The summed E-state index contributed by atoms with van der Waals surface area (Å²) in [5, 5.41) is 26.3. The van der Waals surface area contributed by atoms with Crippen LogP contribution in [0.3, 0.4) is 0 Å². The Morgan fingerprint density at radius 3 is 2.34 bits per heavy atom. The molecular formula is C81H97FN14O14. The number of allylic oxidation sites excluding steroid dienone is 2. The zero-order valence-corrected chi connectivity index (χ0v) is 62.5. The Bertz CT molecular complexity index is 4460. The lowest BCUT2D eigenvalue weighted by Crippen LogP contribution is -2.64. The normalized spacial score (nSPS) is 22.1. The second-order valence-electron chi connectivity index (χ2n) is 28.7. The number of fused-ring (bicyclic) bond motifs is 20. The molecule has 5 aliphatic heterocycles. The van der Waals surface area contributed by atoms with E-state index in [1.807, 2.05) is 71.3 Å². The van der Waals surface area contributed by atoms with Crippen molar-refractivity contribution in [3.05, 3.63) is 196 Å². The van der Waals surface area contributed by atoms with E-state index in [9.17, 15) is 28.8 Å². The Hall–Kier alpha value is -11.2. The second-order valence-corrected chi connectivity index (χ2v) is 28.7. The average Bonchev–Trinajstić information content (AvgIpc) is 1.61. The number of ketones is 1. The van der Waals surface area contributed by atoms with Crippen molar-refractivity contribution in [2.45, 2.75) is 179 Å². The molecule has 2 fully saturated rings. The van der Waals surface area contributed by atoms with Gasteiger partial charge in [-0.3, -0.25) is 43.0 Å². The van der Waals surface area contributed by atoms with Crippen LogP contribution < -0.4 is 42.4 Å². The fraction of sp³-hybridized carbons (Fsp3) is 0.432. The van der Waals surface area contributed by atoms with E-state index >= 15 is 23.6 Å². The molecule has 0 aliphatic carbocycles. The number of carbonyl (C=O) groups excluding carboxylic acids is 10. The van der Waals surface area contributed by atoms with Crippen LogP contribution in [0.5, 0.6) is 5.75 Å². The van der Waals surface area contributed by atoms with Crippen LogP contribution in [0.2, 0.25) is 0 Å². The van der Waals surface area contributed by atoms with Gasteiger partial charge in [0.1, 0.15) is 66.0 Å². The van der Waals surface area contributed by atoms with Gasteiger partial charge in [0.05, 0.1) is 44.7 Å². The van der Waals surface area contributed by atoms with Crippen molar-refractivity contribution in [3.63, 3.8) is 0 Å². The van der Waals surface area contributed by atoms with E-state index in [1.165, 1.54) is 47.6 Å². The summed E-state index contributed by atoms with van der Waals surface area (Å²) in [7, 11) is 1.51. The number of nitrogens with two attached hydrogens (primary N) is 1. The fourth-order valence-corrected chi connectivity index (χ4v) is 14.4. The zero-order chi connectivity index (χ0) is 77.8. The number of amides is 9. The quantitative estimate of drug-likeness (QED) is 0.0655. The van der Waals surface area contributed by atoms with Crippen LogP contribution in [0.4, 0.5) is 9.18 Å². The molecule has 110 heavy (non-hydrogen) atoms. The lowest BCUT2D eigenvalue weighted by molar-refractivity contribution is -0.148. The van der Waals surface area contributed by atoms with Crippen molar-refractivity contribution < 1.29 is 71.3 Å². The molecule has 9 amide bonds. The number of hydrogen-bond acceptors (Lipinski definition) is 17. The zero-order valence-electron chi connectivity index (χ0n) is 62.5. The molecule has 7 aromatic rings. The Morgan fingerprint density at radius 2 is 1.55 bits per heavy atom. The highest BCUT2D eigenvalue weighted by Gasteiger charge is 2.50. The molecule has 29 heteroatoms. The third-order valence-corrected chi connectivity index (χ3v) is 20.5. The number of Topliss-reactive ketones (excluding diaryl/α,β-unsaturated/α-hetero) is 1. The van der Waals surface area contributed by atoms with Crippen LogP contribution in [-0.4, -0.2) is 188 Å². The minimum atomic E-state index is -1.71. The third kappa shape index (κ3) is 21.2. The lowest BCUT2D eigenvalue weighted by Gasteiger charge is -2.37. The fourth-order valence-electron chi connectivity index (χ4n) is 14.4. The number of aromatic nitrogens is 4. The summed E-state index contributed by atoms with van der Waals surface area (Å²) in [4.78, 5) is 149. The molecule has 8 atom stereocenters. The van der Waals surface area contributed by atoms with Crippen LogP contribution in [0.1, 0.15) is 110 Å². The Kier molecular flexibility index (Phi) is 27.4. The van der Waals surface area contributed by atoms with Gasteiger partial charge in [0.25, 0.3) is 0 Å². The maximum Gasteiger partial charge on any atom is 0.407 e. The van der Waals surface area contributed by atoms with Crippen molar-refractivity contribution >= 4 is 70.0 Å². The van der Waals surface area contributed by atoms with Gasteiger partial charge in [0.2, 0.25) is 47.3 Å². The first-order chi connectivity index (χ1) is 53.1. The van der Waals surface area contributed by atoms with Crippen molar-refractivity contribution in [2.75, 3.05) is 46.4 Å². The SMILES string of the molecule is COc1ccc(C[C@@H]2NC(=O)[C@H]([C@@H](C)OCc3cn(CCNC(=O)OCc4ccccc4)nn3)NC(=O)[C@@H]3[C@@H]4CCN3C(=O)[C@H](Cc3cn(c5ccc(F)cc35)CC=CCCCN(C(=O)CCC(C)=O)Cc3ccc(cc3)CCNC(=O)[C@]3(C)CCCN3C2=O)NC(=O)[C@@H](N)Cc2cccc(c2)CNC(=O)CO4)cc1. The first kappa shape index (κ1) is 79.9. The predicted molar refractivity (Wildman–Crippen MR) is 403 cm³/mol. The third-order valence-electron chi connectivity index (χ3n) is 20.5. The highest BCUT2D eigenvalue weighted by atomic mass is 19.1. The minimum Gasteiger partial charge on any atom is -0.497 e. The van der Waals surface area contributed by atoms with Crippen LogP contribution in [0, 0.1) is 5.82 Å². The van der Waals surface area contributed by atoms with Gasteiger partial charge in [-0.05, 0) is 135 Å². The molecule has 0 saturated carbocycles. The number of alkyl carbamates (subject to hydrolysis) is 1. The molecule has 8 N–H and O–H groups in total. The van der Waals surface area contributed by atoms with Crippen LogP contribution in [0.25, 0.3) is 10.9 Å². The molecule has 7 heterocycles. The number of benzene rings is 5. The molecule has 0 spiro atoms. The van der Waals surface area contributed by atoms with Gasteiger partial charge in [-0.1, -0.05) is 108 Å². The summed E-state index contributed by atoms with van der Waals surface area (Å²) in [5.41, 5.74) is 11.2. The summed E-state index contributed by atoms with van der Waals surface area (Å²) in [6.45, 7) is 5.32. The smallest absolute Gasteiger partial charge is 0.407 e. The van der Waals surface area contributed by atoms with Gasteiger partial charge < -0.3 is 80.6 Å². The van der Waals surface area contributed by atoms with E-state index in [2.05, 4.69) is 42.2 Å². The molecule has 10 bridgehead atoms. The van der Waals surface area contributed by atoms with Crippen LogP contribution in [0.15, 0.2) is 146 Å². The van der Waals surface area contributed by atoms with Crippen molar-refractivity contribution in [2.24, 2.45) is 5.73 Å². The Balaban J connectivity index is 0.949. The molecule has 2 aromatic heterocycles. The number of methoxy groups -OCH3 is 1. The number of carbonyl (C=O) groups is 10. The first-order valence-electron chi connectivity index (χ1n) is 37.5. The average molecular weight is 1510 g/mol. The molecular weight excluding hydrogens is 1410 g/mol. The van der Waals surface area contributed by atoms with E-state index < -0.39 is 108 Å². The molecule has 12 rings (SSSR count). The molecule has 5 aromatic carbocycles. The number of rotatable bonds is 15. The van der Waals surface area contributed by atoms with Gasteiger partial charge >= 0.3 is 6.09 Å². The molecule has 5 aliphatic rings. The van der Waals surface area contributed by atoms with Crippen LogP contribution >= 0.6 is 0 Å². The van der Waals surface area contributed by atoms with Crippen molar-refractivity contribution in [1.82, 2.24) is 66.2 Å². The van der Waals surface area contributed by atoms with Crippen LogP contribution in [-0.2, 0) is 122 Å².